The molecule has 3 N–H and O–H groups in total. The molecular weight excluding hydrogens is 594 g/mol. The molecule has 1 unspecified atom stereocenters. The number of carbonyl (C=O) groups is 2. The fourth-order valence-corrected chi connectivity index (χ4v) is 4.53. The molecule has 3 rings (SSSR count). The quantitative estimate of drug-likeness (QED) is 0.0986. The minimum atomic E-state index is -3.04. The molecule has 17 heteroatoms. The molecule has 1 fully saturated rings. The molecular formula is C26H32FN4O11P. The third-order valence-electron chi connectivity index (χ3n) is 6.15. The van der Waals surface area contributed by atoms with Crippen molar-refractivity contribution >= 4 is 25.7 Å². The van der Waals surface area contributed by atoms with E-state index in [0.717, 1.165) is 23.8 Å². The van der Waals surface area contributed by atoms with E-state index in [2.05, 4.69) is 21.6 Å². The van der Waals surface area contributed by atoms with E-state index in [-0.39, 0.29) is 11.3 Å². The summed E-state index contributed by atoms with van der Waals surface area (Å²) in [5.74, 6) is -1.31. The van der Waals surface area contributed by atoms with E-state index in [0.29, 0.717) is 5.56 Å². The number of aliphatic hydroxyl groups excluding tert-OH is 1. The van der Waals surface area contributed by atoms with Crippen LogP contribution in [-0.4, -0.2) is 70.0 Å². The number of hydrogen-bond acceptors (Lipinski definition) is 12. The summed E-state index contributed by atoms with van der Waals surface area (Å²) in [6, 6.07) is 5.61. The number of methoxy groups -OCH3 is 1. The van der Waals surface area contributed by atoms with E-state index in [1.165, 1.54) is 38.3 Å². The van der Waals surface area contributed by atoms with Gasteiger partial charge in [-0.3, -0.25) is 19.1 Å². The number of aliphatic hydroxyl groups is 1. The van der Waals surface area contributed by atoms with Crippen LogP contribution in [0.3, 0.4) is 0 Å². The molecule has 0 bridgehead atoms. The summed E-state index contributed by atoms with van der Waals surface area (Å²) in [5, 5.41) is 10.9. The van der Waals surface area contributed by atoms with Gasteiger partial charge in [-0.2, -0.15) is 5.43 Å². The van der Waals surface area contributed by atoms with E-state index in [1.54, 1.807) is 13.8 Å². The van der Waals surface area contributed by atoms with Gasteiger partial charge in [-0.1, -0.05) is 18.7 Å². The highest BCUT2D eigenvalue weighted by atomic mass is 31.1. The molecule has 0 saturated carbocycles. The lowest BCUT2D eigenvalue weighted by Crippen LogP contribution is -2.46. The lowest BCUT2D eigenvalue weighted by Gasteiger charge is -2.25. The van der Waals surface area contributed by atoms with E-state index in [1.807, 2.05) is 4.98 Å². The summed E-state index contributed by atoms with van der Waals surface area (Å²) in [5.41, 5.74) is -1.62. The maximum atomic E-state index is 15.9. The Morgan fingerprint density at radius 2 is 1.91 bits per heavy atom. The molecule has 234 valence electrons. The van der Waals surface area contributed by atoms with Crippen LogP contribution in [0.15, 0.2) is 57.6 Å². The van der Waals surface area contributed by atoms with Crippen molar-refractivity contribution in [1.82, 2.24) is 15.0 Å². The second-order valence-electron chi connectivity index (χ2n) is 9.83. The average molecular weight is 627 g/mol. The summed E-state index contributed by atoms with van der Waals surface area (Å²) in [6.07, 6.45) is -6.72. The van der Waals surface area contributed by atoms with Crippen molar-refractivity contribution in [2.75, 3.05) is 7.11 Å². The molecule has 15 nitrogen and oxygen atoms in total. The average Bonchev–Trinajstić information content (AvgIpc) is 3.18. The lowest BCUT2D eigenvalue weighted by molar-refractivity contribution is -0.206. The molecule has 1 aromatic heterocycles. The van der Waals surface area contributed by atoms with Gasteiger partial charge < -0.3 is 28.9 Å². The predicted octanol–water partition coefficient (Wildman–Crippen LogP) is 0.832. The van der Waals surface area contributed by atoms with Crippen molar-refractivity contribution in [3.8, 4) is 5.75 Å². The van der Waals surface area contributed by atoms with Crippen molar-refractivity contribution < 1.29 is 47.5 Å². The van der Waals surface area contributed by atoms with Crippen LogP contribution in [-0.2, 0) is 28.3 Å². The largest absolute Gasteiger partial charge is 0.582 e. The Bertz CT molecular complexity index is 1470. The zero-order valence-electron chi connectivity index (χ0n) is 23.9. The van der Waals surface area contributed by atoms with Crippen LogP contribution >= 0.6 is 8.17 Å². The van der Waals surface area contributed by atoms with Gasteiger partial charge in [-0.25, -0.2) is 14.0 Å². The second kappa shape index (κ2) is 14.1. The smallest absolute Gasteiger partial charge is 0.364 e. The SMILES string of the molecule is C=C(C(=O)OC)c1ccc(O[C@@H](O/[P+]([O-])=N\N[C@@H](C)C(=O)OC(C)C)[C@@H]2O[C@@H](n3ccc(=O)[nH]c3=O)[C@](C)(F)[C@@H]2O)cc1. The molecule has 0 radical (unpaired) electrons. The van der Waals surface area contributed by atoms with Crippen LogP contribution in [0.2, 0.25) is 0 Å². The number of ether oxygens (including phenoxy) is 4. The van der Waals surface area contributed by atoms with Crippen LogP contribution in [0.25, 0.3) is 5.57 Å². The van der Waals surface area contributed by atoms with E-state index in [4.69, 9.17) is 18.7 Å². The maximum absolute atomic E-state index is 15.9. The Hall–Kier alpha value is -3.79. The van der Waals surface area contributed by atoms with Gasteiger partial charge in [0.15, 0.2) is 18.0 Å². The fraction of sp³-hybridized carbons (Fsp3) is 0.462. The van der Waals surface area contributed by atoms with Gasteiger partial charge in [0.25, 0.3) is 11.8 Å². The van der Waals surface area contributed by atoms with Crippen LogP contribution in [0.1, 0.15) is 39.5 Å². The highest BCUT2D eigenvalue weighted by Gasteiger charge is 2.59. The van der Waals surface area contributed by atoms with Crippen molar-refractivity contribution in [2.24, 2.45) is 4.85 Å². The number of aromatic amines is 1. The maximum Gasteiger partial charge on any atom is 0.364 e. The zero-order valence-corrected chi connectivity index (χ0v) is 24.8. The van der Waals surface area contributed by atoms with Crippen molar-refractivity contribution in [2.45, 2.75) is 70.2 Å². The molecule has 0 spiro atoms. The van der Waals surface area contributed by atoms with Gasteiger partial charge in [0.05, 0.1) is 18.8 Å². The summed E-state index contributed by atoms with van der Waals surface area (Å²) in [4.78, 5) is 66.0. The van der Waals surface area contributed by atoms with Gasteiger partial charge >= 0.3 is 25.8 Å². The summed E-state index contributed by atoms with van der Waals surface area (Å²) in [7, 11) is -1.84. The van der Waals surface area contributed by atoms with E-state index < -0.39 is 73.9 Å². The first-order valence-corrected chi connectivity index (χ1v) is 14.0. The van der Waals surface area contributed by atoms with Gasteiger partial charge in [0.1, 0.15) is 17.9 Å². The number of benzene rings is 1. The number of aromatic nitrogens is 2. The normalized spacial score (nSPS) is 23.5. The molecule has 2 heterocycles. The van der Waals surface area contributed by atoms with Crippen LogP contribution < -0.4 is 26.3 Å². The van der Waals surface area contributed by atoms with Crippen molar-refractivity contribution in [3.05, 3.63) is 69.5 Å². The molecule has 43 heavy (non-hydrogen) atoms. The number of halogens is 1. The molecule has 2 aromatic rings. The van der Waals surface area contributed by atoms with Gasteiger partial charge in [0, 0.05) is 17.1 Å². The number of nitrogens with zero attached hydrogens (tertiary/aromatic N) is 2. The monoisotopic (exact) mass is 626 g/mol. The first-order chi connectivity index (χ1) is 20.1. The summed E-state index contributed by atoms with van der Waals surface area (Å²) < 4.78 is 43.1. The molecule has 1 saturated heterocycles. The zero-order chi connectivity index (χ0) is 32.1. The molecule has 0 aliphatic carbocycles. The predicted molar refractivity (Wildman–Crippen MR) is 147 cm³/mol. The Labute approximate surface area is 245 Å². The van der Waals surface area contributed by atoms with Gasteiger partial charge in [-0.05, 0) is 45.4 Å². The Morgan fingerprint density at radius 3 is 2.49 bits per heavy atom. The molecule has 0 amide bonds. The molecule has 1 aliphatic rings. The number of H-pyrrole nitrogens is 1. The Morgan fingerprint density at radius 1 is 1.26 bits per heavy atom. The number of rotatable bonds is 12. The van der Waals surface area contributed by atoms with E-state index in [9.17, 15) is 29.2 Å². The molecule has 7 atom stereocenters. The van der Waals surface area contributed by atoms with E-state index >= 15 is 4.39 Å². The number of alkyl halides is 1. The Kier molecular flexibility index (Phi) is 11.1. The number of carbonyl (C=O) groups excluding carboxylic acids is 2. The highest BCUT2D eigenvalue weighted by Crippen LogP contribution is 2.43. The van der Waals surface area contributed by atoms with Crippen LogP contribution in [0, 0.1) is 0 Å². The van der Waals surface area contributed by atoms with Crippen LogP contribution in [0.4, 0.5) is 4.39 Å². The summed E-state index contributed by atoms with van der Waals surface area (Å²) >= 11 is 0. The first kappa shape index (κ1) is 33.7. The topological polar surface area (TPSA) is 203 Å². The lowest BCUT2D eigenvalue weighted by atomic mass is 9.98. The first-order valence-electron chi connectivity index (χ1n) is 12.8. The van der Waals surface area contributed by atoms with Gasteiger partial charge in [-0.15, -0.1) is 4.52 Å². The molecule has 1 aromatic carbocycles. The minimum Gasteiger partial charge on any atom is -0.582 e. The van der Waals surface area contributed by atoms with Crippen LogP contribution in [0.5, 0.6) is 5.75 Å². The number of nitrogens with one attached hydrogen (secondary N) is 2. The van der Waals surface area contributed by atoms with Crippen molar-refractivity contribution in [3.63, 3.8) is 0 Å². The standard InChI is InChI=1S/C26H32FN4O11P/c1-13(2)39-22(35)15(4)29-30-43(37)42-23(40-17-9-7-16(8-10-17)14(3)21(34)38-6)19-20(33)26(5,27)24(41-19)31-12-11-18(32)28-25(31)36/h7-13,15,19-20,23-24,29,33H,3H2,1-2,4-6H3,(H,28,32,36)/t15-,19+,20+,23-,24+,26+/m0/s1. The number of esters is 2. The minimum absolute atomic E-state index is 0.0395. The highest BCUT2D eigenvalue weighted by molar-refractivity contribution is 7.33. The van der Waals surface area contributed by atoms with Gasteiger partial charge in [0.2, 0.25) is 0 Å². The third kappa shape index (κ3) is 8.19. The number of hydrogen-bond donors (Lipinski definition) is 3. The third-order valence-corrected chi connectivity index (χ3v) is 6.82. The fourth-order valence-electron chi connectivity index (χ4n) is 3.88. The second-order valence-corrected chi connectivity index (χ2v) is 10.7. The molecule has 1 aliphatic heterocycles. The van der Waals surface area contributed by atoms with Crippen molar-refractivity contribution in [1.29, 1.82) is 0 Å². The Balaban J connectivity index is 1.91. The summed E-state index contributed by atoms with van der Waals surface area (Å²) in [6.45, 7) is 9.30.